The van der Waals surface area contributed by atoms with Crippen molar-refractivity contribution in [3.8, 4) is 0 Å². The summed E-state index contributed by atoms with van der Waals surface area (Å²) in [6.45, 7) is 3.10. The molecular formula is C11H19N3OS. The first-order valence-corrected chi connectivity index (χ1v) is 6.39. The molecule has 1 aromatic heterocycles. The zero-order chi connectivity index (χ0) is 12.0. The number of carbonyl (C=O) groups excluding carboxylic acids is 1. The molecule has 0 bridgehead atoms. The topological polar surface area (TPSA) is 81.1 Å². The minimum Gasteiger partial charge on any atom is -0.397 e. The standard InChI is InChI=1S/C11H19N3OS/c1-2-3-4-5-6-14-9-7-8(12)10(16-9)11(13)15/h7,14H,2-6,12H2,1H3,(H2,13,15). The molecule has 4 nitrogen and oxygen atoms in total. The number of thiophene rings is 1. The molecule has 1 heterocycles. The number of nitrogens with two attached hydrogens (primary N) is 2. The van der Waals surface area contributed by atoms with Crippen molar-refractivity contribution in [2.75, 3.05) is 17.6 Å². The van der Waals surface area contributed by atoms with Crippen LogP contribution in [0.15, 0.2) is 6.07 Å². The van der Waals surface area contributed by atoms with Gasteiger partial charge >= 0.3 is 0 Å². The highest BCUT2D eigenvalue weighted by Crippen LogP contribution is 2.28. The minimum absolute atomic E-state index is 0.441. The van der Waals surface area contributed by atoms with E-state index in [4.69, 9.17) is 11.5 Å². The van der Waals surface area contributed by atoms with Gasteiger partial charge in [0.15, 0.2) is 0 Å². The lowest BCUT2D eigenvalue weighted by molar-refractivity contribution is 0.100. The molecule has 0 saturated heterocycles. The van der Waals surface area contributed by atoms with Gasteiger partial charge in [-0.2, -0.15) is 0 Å². The fourth-order valence-electron chi connectivity index (χ4n) is 1.45. The molecular weight excluding hydrogens is 222 g/mol. The molecule has 0 atom stereocenters. The van der Waals surface area contributed by atoms with Gasteiger partial charge < -0.3 is 16.8 Å². The summed E-state index contributed by atoms with van der Waals surface area (Å²) >= 11 is 1.32. The molecule has 0 radical (unpaired) electrons. The van der Waals surface area contributed by atoms with Crippen molar-refractivity contribution in [3.63, 3.8) is 0 Å². The van der Waals surface area contributed by atoms with Gasteiger partial charge in [0.2, 0.25) is 0 Å². The molecule has 0 saturated carbocycles. The average Bonchev–Trinajstić information content (AvgIpc) is 2.59. The van der Waals surface area contributed by atoms with E-state index in [9.17, 15) is 4.79 Å². The maximum atomic E-state index is 11.0. The second kappa shape index (κ2) is 6.37. The van der Waals surface area contributed by atoms with Crippen molar-refractivity contribution in [1.29, 1.82) is 0 Å². The molecule has 1 amide bonds. The highest BCUT2D eigenvalue weighted by atomic mass is 32.1. The zero-order valence-electron chi connectivity index (χ0n) is 9.58. The summed E-state index contributed by atoms with van der Waals surface area (Å²) < 4.78 is 0. The minimum atomic E-state index is -0.457. The van der Waals surface area contributed by atoms with Gasteiger partial charge in [0.05, 0.1) is 10.7 Å². The predicted molar refractivity (Wildman–Crippen MR) is 69.9 cm³/mol. The number of rotatable bonds is 7. The van der Waals surface area contributed by atoms with E-state index in [1.165, 1.54) is 30.6 Å². The van der Waals surface area contributed by atoms with Crippen LogP contribution >= 0.6 is 11.3 Å². The maximum absolute atomic E-state index is 11.0. The fourth-order valence-corrected chi connectivity index (χ4v) is 2.31. The summed E-state index contributed by atoms with van der Waals surface area (Å²) in [5, 5.41) is 4.17. The van der Waals surface area contributed by atoms with Crippen LogP contribution in [0.4, 0.5) is 10.7 Å². The molecule has 0 aromatic carbocycles. The highest BCUT2D eigenvalue weighted by Gasteiger charge is 2.10. The molecule has 0 aliphatic heterocycles. The van der Waals surface area contributed by atoms with Gasteiger partial charge in [0, 0.05) is 6.54 Å². The number of anilines is 2. The number of carbonyl (C=O) groups is 1. The number of nitrogens with one attached hydrogen (secondary N) is 1. The van der Waals surface area contributed by atoms with Crippen molar-refractivity contribution in [2.24, 2.45) is 5.73 Å². The van der Waals surface area contributed by atoms with Gasteiger partial charge in [-0.05, 0) is 12.5 Å². The second-order valence-corrected chi connectivity index (χ2v) is 4.80. The lowest BCUT2D eigenvalue weighted by atomic mass is 10.2. The lowest BCUT2D eigenvalue weighted by Gasteiger charge is -2.01. The number of amides is 1. The van der Waals surface area contributed by atoms with Gasteiger partial charge in [0.25, 0.3) is 5.91 Å². The Kier molecular flexibility index (Phi) is 5.11. The molecule has 0 aliphatic carbocycles. The molecule has 5 N–H and O–H groups in total. The van der Waals surface area contributed by atoms with Gasteiger partial charge in [-0.15, -0.1) is 11.3 Å². The van der Waals surface area contributed by atoms with Gasteiger partial charge in [-0.25, -0.2) is 0 Å². The number of hydrogen-bond acceptors (Lipinski definition) is 4. The van der Waals surface area contributed by atoms with Crippen LogP contribution in [0, 0.1) is 0 Å². The Labute approximate surface area is 100 Å². The second-order valence-electron chi connectivity index (χ2n) is 3.75. The Balaban J connectivity index is 2.37. The van der Waals surface area contributed by atoms with Crippen molar-refractivity contribution < 1.29 is 4.79 Å². The molecule has 0 aliphatic rings. The summed E-state index contributed by atoms with van der Waals surface area (Å²) in [5.74, 6) is -0.457. The van der Waals surface area contributed by atoms with Gasteiger partial charge in [-0.3, -0.25) is 4.79 Å². The van der Waals surface area contributed by atoms with E-state index < -0.39 is 5.91 Å². The molecule has 0 unspecified atom stereocenters. The zero-order valence-corrected chi connectivity index (χ0v) is 10.4. The SMILES string of the molecule is CCCCCCNc1cc(N)c(C(N)=O)s1. The van der Waals surface area contributed by atoms with Crippen molar-refractivity contribution in [3.05, 3.63) is 10.9 Å². The molecule has 1 rings (SSSR count). The quantitative estimate of drug-likeness (QED) is 0.641. The van der Waals surface area contributed by atoms with E-state index >= 15 is 0 Å². The molecule has 0 spiro atoms. The number of primary amides is 1. The first-order chi connectivity index (χ1) is 7.65. The first-order valence-electron chi connectivity index (χ1n) is 5.58. The number of hydrogen-bond donors (Lipinski definition) is 3. The summed E-state index contributed by atoms with van der Waals surface area (Å²) in [6, 6.07) is 1.77. The van der Waals surface area contributed by atoms with Crippen LogP contribution in [0.3, 0.4) is 0 Å². The fraction of sp³-hybridized carbons (Fsp3) is 0.545. The van der Waals surface area contributed by atoms with Crippen LogP contribution in [-0.2, 0) is 0 Å². The highest BCUT2D eigenvalue weighted by molar-refractivity contribution is 7.18. The predicted octanol–water partition coefficient (Wildman–Crippen LogP) is 2.42. The van der Waals surface area contributed by atoms with Crippen LogP contribution in [0.1, 0.15) is 42.3 Å². The third-order valence-corrected chi connectivity index (χ3v) is 3.44. The van der Waals surface area contributed by atoms with E-state index in [-0.39, 0.29) is 0 Å². The van der Waals surface area contributed by atoms with Crippen LogP contribution < -0.4 is 16.8 Å². The van der Waals surface area contributed by atoms with E-state index in [1.54, 1.807) is 6.07 Å². The maximum Gasteiger partial charge on any atom is 0.260 e. The van der Waals surface area contributed by atoms with Crippen LogP contribution in [-0.4, -0.2) is 12.5 Å². The number of unbranched alkanes of at least 4 members (excludes halogenated alkanes) is 3. The van der Waals surface area contributed by atoms with Crippen LogP contribution in [0.25, 0.3) is 0 Å². The third kappa shape index (κ3) is 3.73. The monoisotopic (exact) mass is 241 g/mol. The van der Waals surface area contributed by atoms with E-state index in [0.717, 1.165) is 18.0 Å². The normalized spacial score (nSPS) is 10.3. The van der Waals surface area contributed by atoms with Crippen LogP contribution in [0.2, 0.25) is 0 Å². The third-order valence-electron chi connectivity index (χ3n) is 2.31. The summed E-state index contributed by atoms with van der Waals surface area (Å²) in [7, 11) is 0. The van der Waals surface area contributed by atoms with Crippen molar-refractivity contribution >= 4 is 27.9 Å². The van der Waals surface area contributed by atoms with Crippen molar-refractivity contribution in [2.45, 2.75) is 32.6 Å². The van der Waals surface area contributed by atoms with Gasteiger partial charge in [-0.1, -0.05) is 26.2 Å². The number of nitrogen functional groups attached to an aromatic ring is 1. The average molecular weight is 241 g/mol. The summed E-state index contributed by atoms with van der Waals surface area (Å²) in [6.07, 6.45) is 4.86. The Morgan fingerprint density at radius 2 is 2.19 bits per heavy atom. The van der Waals surface area contributed by atoms with Crippen molar-refractivity contribution in [1.82, 2.24) is 0 Å². The molecule has 1 aromatic rings. The molecule has 90 valence electrons. The molecule has 16 heavy (non-hydrogen) atoms. The lowest BCUT2D eigenvalue weighted by Crippen LogP contribution is -2.10. The van der Waals surface area contributed by atoms with E-state index in [2.05, 4.69) is 12.2 Å². The largest absolute Gasteiger partial charge is 0.397 e. The Bertz CT molecular complexity index is 349. The molecule has 5 heteroatoms. The van der Waals surface area contributed by atoms with E-state index in [0.29, 0.717) is 10.6 Å². The first kappa shape index (κ1) is 12.8. The Morgan fingerprint density at radius 1 is 1.44 bits per heavy atom. The van der Waals surface area contributed by atoms with E-state index in [1.807, 2.05) is 0 Å². The molecule has 0 fully saturated rings. The van der Waals surface area contributed by atoms with Crippen LogP contribution in [0.5, 0.6) is 0 Å². The smallest absolute Gasteiger partial charge is 0.260 e. The Morgan fingerprint density at radius 3 is 2.75 bits per heavy atom. The Hall–Kier alpha value is -1.23. The van der Waals surface area contributed by atoms with Gasteiger partial charge in [0.1, 0.15) is 4.88 Å². The summed E-state index contributed by atoms with van der Waals surface area (Å²) in [5.41, 5.74) is 11.3. The summed E-state index contributed by atoms with van der Waals surface area (Å²) in [4.78, 5) is 11.4.